The molecule has 1 aromatic heterocycles. The maximum atomic E-state index is 13.6. The Balaban J connectivity index is 1.40. The number of halogens is 1. The van der Waals surface area contributed by atoms with Gasteiger partial charge in [0.2, 0.25) is 5.91 Å². The molecule has 0 aliphatic carbocycles. The molecule has 5 nitrogen and oxygen atoms in total. The summed E-state index contributed by atoms with van der Waals surface area (Å²) in [5, 5.41) is 1.12. The van der Waals surface area contributed by atoms with Crippen molar-refractivity contribution < 1.29 is 18.7 Å². The summed E-state index contributed by atoms with van der Waals surface area (Å²) in [7, 11) is 5.11. The van der Waals surface area contributed by atoms with Gasteiger partial charge in [-0.3, -0.25) is 4.79 Å². The fraction of sp³-hybridized carbons (Fsp3) is 0.229. The van der Waals surface area contributed by atoms with E-state index < -0.39 is 0 Å². The van der Waals surface area contributed by atoms with Crippen LogP contribution in [0.15, 0.2) is 103 Å². The van der Waals surface area contributed by atoms with Gasteiger partial charge in [-0.2, -0.15) is 0 Å². The van der Waals surface area contributed by atoms with Gasteiger partial charge in [0, 0.05) is 49.6 Å². The lowest BCUT2D eigenvalue weighted by Crippen LogP contribution is -2.30. The van der Waals surface area contributed by atoms with Crippen molar-refractivity contribution in [3.8, 4) is 11.5 Å². The van der Waals surface area contributed by atoms with Crippen molar-refractivity contribution in [2.24, 2.45) is 0 Å². The Kier molecular flexibility index (Phi) is 8.68. The van der Waals surface area contributed by atoms with Crippen LogP contribution in [0.2, 0.25) is 0 Å². The first-order valence-electron chi connectivity index (χ1n) is 13.8. The van der Waals surface area contributed by atoms with Gasteiger partial charge in [-0.25, -0.2) is 4.39 Å². The van der Waals surface area contributed by atoms with Gasteiger partial charge in [-0.15, -0.1) is 0 Å². The number of para-hydroxylation sites is 1. The van der Waals surface area contributed by atoms with Crippen LogP contribution in [0.4, 0.5) is 4.39 Å². The van der Waals surface area contributed by atoms with E-state index in [1.54, 1.807) is 14.2 Å². The van der Waals surface area contributed by atoms with Gasteiger partial charge < -0.3 is 18.9 Å². The van der Waals surface area contributed by atoms with Crippen molar-refractivity contribution in [1.29, 1.82) is 0 Å². The van der Waals surface area contributed by atoms with E-state index in [4.69, 9.17) is 9.47 Å². The van der Waals surface area contributed by atoms with Crippen molar-refractivity contribution >= 4 is 16.8 Å². The molecule has 0 bridgehead atoms. The van der Waals surface area contributed by atoms with Gasteiger partial charge in [0.15, 0.2) is 11.5 Å². The number of likely N-dealkylation sites (N-methyl/N-ethyl adjacent to an activating group) is 1. The number of ether oxygens (including phenoxy) is 2. The highest BCUT2D eigenvalue weighted by Gasteiger charge is 2.24. The predicted molar refractivity (Wildman–Crippen MR) is 161 cm³/mol. The molecule has 6 heteroatoms. The molecule has 0 N–H and O–H groups in total. The van der Waals surface area contributed by atoms with E-state index in [0.717, 1.165) is 33.2 Å². The molecule has 1 amide bonds. The lowest BCUT2D eigenvalue weighted by Gasteiger charge is -2.22. The summed E-state index contributed by atoms with van der Waals surface area (Å²) in [5.74, 6) is 1.08. The number of hydrogen-bond donors (Lipinski definition) is 0. The lowest BCUT2D eigenvalue weighted by molar-refractivity contribution is -0.130. The molecule has 0 saturated carbocycles. The summed E-state index contributed by atoms with van der Waals surface area (Å²) in [6, 6.07) is 31.0. The van der Waals surface area contributed by atoms with Crippen molar-refractivity contribution in [2.45, 2.75) is 25.3 Å². The van der Waals surface area contributed by atoms with Crippen LogP contribution < -0.4 is 9.47 Å². The Hall–Kier alpha value is -4.58. The van der Waals surface area contributed by atoms with Crippen LogP contribution >= 0.6 is 0 Å². The van der Waals surface area contributed by atoms with Crippen molar-refractivity contribution in [3.63, 3.8) is 0 Å². The summed E-state index contributed by atoms with van der Waals surface area (Å²) >= 11 is 0. The molecule has 210 valence electrons. The van der Waals surface area contributed by atoms with Gasteiger partial charge in [-0.05, 0) is 59.0 Å². The van der Waals surface area contributed by atoms with Crippen LogP contribution in [0.25, 0.3) is 10.9 Å². The average molecular weight is 551 g/mol. The van der Waals surface area contributed by atoms with Gasteiger partial charge in [0.1, 0.15) is 5.82 Å². The first-order chi connectivity index (χ1) is 20.0. The first kappa shape index (κ1) is 28.0. The normalized spacial score (nSPS) is 11.8. The Morgan fingerprint density at radius 1 is 0.854 bits per heavy atom. The third-order valence-electron chi connectivity index (χ3n) is 7.65. The lowest BCUT2D eigenvalue weighted by atomic mass is 9.88. The molecule has 41 heavy (non-hydrogen) atoms. The van der Waals surface area contributed by atoms with Crippen molar-refractivity contribution in [3.05, 3.63) is 131 Å². The summed E-state index contributed by atoms with van der Waals surface area (Å²) in [6.45, 7) is 1.20. The summed E-state index contributed by atoms with van der Waals surface area (Å²) in [4.78, 5) is 15.5. The molecule has 1 unspecified atom stereocenters. The summed E-state index contributed by atoms with van der Waals surface area (Å²) in [5.41, 5.74) is 5.38. The third kappa shape index (κ3) is 6.43. The number of methoxy groups -OCH3 is 2. The monoisotopic (exact) mass is 550 g/mol. The summed E-state index contributed by atoms with van der Waals surface area (Å²) in [6.07, 6.45) is 3.20. The fourth-order valence-corrected chi connectivity index (χ4v) is 5.35. The van der Waals surface area contributed by atoms with E-state index >= 15 is 0 Å². The number of amides is 1. The molecule has 0 spiro atoms. The van der Waals surface area contributed by atoms with Crippen LogP contribution in [0.1, 0.15) is 34.6 Å². The number of carbonyl (C=O) groups is 1. The fourth-order valence-electron chi connectivity index (χ4n) is 5.35. The number of fused-ring (bicyclic) bond motifs is 1. The SMILES string of the molecule is COc1ccc(CCN(C)C(=O)CC(c2ccccc2)c2cn(Cc3ccc(F)cc3)c3ccccc23)cc1OC. The maximum absolute atomic E-state index is 13.6. The zero-order chi connectivity index (χ0) is 28.8. The second kappa shape index (κ2) is 12.7. The first-order valence-corrected chi connectivity index (χ1v) is 13.8. The van der Waals surface area contributed by atoms with Crippen LogP contribution in [-0.4, -0.2) is 43.2 Å². The number of nitrogens with zero attached hydrogens (tertiary/aromatic N) is 2. The smallest absolute Gasteiger partial charge is 0.223 e. The van der Waals surface area contributed by atoms with E-state index in [2.05, 4.69) is 35.0 Å². The van der Waals surface area contributed by atoms with E-state index in [9.17, 15) is 9.18 Å². The molecule has 0 fully saturated rings. The van der Waals surface area contributed by atoms with E-state index in [1.165, 1.54) is 12.1 Å². The molecule has 0 aliphatic heterocycles. The third-order valence-corrected chi connectivity index (χ3v) is 7.65. The number of aromatic nitrogens is 1. The molecule has 5 rings (SSSR count). The second-order valence-corrected chi connectivity index (χ2v) is 10.3. The zero-order valence-electron chi connectivity index (χ0n) is 23.7. The predicted octanol–water partition coefficient (Wildman–Crippen LogP) is 7.07. The van der Waals surface area contributed by atoms with E-state index in [-0.39, 0.29) is 17.6 Å². The minimum Gasteiger partial charge on any atom is -0.493 e. The zero-order valence-corrected chi connectivity index (χ0v) is 23.7. The molecule has 1 heterocycles. The second-order valence-electron chi connectivity index (χ2n) is 10.3. The molecule has 0 radical (unpaired) electrons. The van der Waals surface area contributed by atoms with Gasteiger partial charge in [-0.1, -0.05) is 66.7 Å². The molecule has 5 aromatic rings. The van der Waals surface area contributed by atoms with Crippen LogP contribution in [0.5, 0.6) is 11.5 Å². The highest BCUT2D eigenvalue weighted by atomic mass is 19.1. The van der Waals surface area contributed by atoms with Crippen LogP contribution in [-0.2, 0) is 17.8 Å². The van der Waals surface area contributed by atoms with Gasteiger partial charge in [0.05, 0.1) is 14.2 Å². The molecule has 0 saturated heterocycles. The van der Waals surface area contributed by atoms with E-state index in [0.29, 0.717) is 37.4 Å². The number of hydrogen-bond acceptors (Lipinski definition) is 3. The standard InChI is InChI=1S/C35H35FN2O3/c1-37(20-19-25-15-18-33(40-2)34(21-25)41-3)35(39)22-30(27-9-5-4-6-10-27)31-24-38(32-12-8-7-11-29(31)32)23-26-13-16-28(36)17-14-26/h4-18,21,24,30H,19-20,22-23H2,1-3H3. The number of rotatable bonds is 11. The van der Waals surface area contributed by atoms with Gasteiger partial charge >= 0.3 is 0 Å². The summed E-state index contributed by atoms with van der Waals surface area (Å²) < 4.78 is 26.5. The van der Waals surface area contributed by atoms with Gasteiger partial charge in [0.25, 0.3) is 0 Å². The minimum atomic E-state index is -0.246. The molecular weight excluding hydrogens is 515 g/mol. The Morgan fingerprint density at radius 2 is 1.54 bits per heavy atom. The Morgan fingerprint density at radius 3 is 2.27 bits per heavy atom. The Bertz CT molecular complexity index is 1610. The number of benzene rings is 4. The van der Waals surface area contributed by atoms with Crippen molar-refractivity contribution in [2.75, 3.05) is 27.8 Å². The van der Waals surface area contributed by atoms with Crippen LogP contribution in [0, 0.1) is 5.82 Å². The molecular formula is C35H35FN2O3. The molecule has 0 aliphatic rings. The average Bonchev–Trinajstić information content (AvgIpc) is 3.37. The Labute approximate surface area is 240 Å². The molecule has 4 aromatic carbocycles. The highest BCUT2D eigenvalue weighted by molar-refractivity contribution is 5.86. The number of carbonyl (C=O) groups excluding carboxylic acids is 1. The van der Waals surface area contributed by atoms with Crippen LogP contribution in [0.3, 0.4) is 0 Å². The maximum Gasteiger partial charge on any atom is 0.223 e. The minimum absolute atomic E-state index is 0.0784. The topological polar surface area (TPSA) is 43.7 Å². The highest BCUT2D eigenvalue weighted by Crippen LogP contribution is 2.35. The quantitative estimate of drug-likeness (QED) is 0.177. The largest absolute Gasteiger partial charge is 0.493 e. The van der Waals surface area contributed by atoms with Crippen molar-refractivity contribution in [1.82, 2.24) is 9.47 Å². The van der Waals surface area contributed by atoms with E-state index in [1.807, 2.05) is 72.6 Å². The molecule has 1 atom stereocenters.